The number of hydrogen-bond acceptors (Lipinski definition) is 5. The Balaban J connectivity index is 1.45. The zero-order valence-corrected chi connectivity index (χ0v) is 19.4. The molecule has 0 aliphatic carbocycles. The largest absolute Gasteiger partial charge is 0.497 e. The number of fused-ring (bicyclic) bond motifs is 1. The van der Waals surface area contributed by atoms with Gasteiger partial charge in [-0.3, -0.25) is 4.79 Å². The molecule has 7 nitrogen and oxygen atoms in total. The van der Waals surface area contributed by atoms with Gasteiger partial charge >= 0.3 is 0 Å². The summed E-state index contributed by atoms with van der Waals surface area (Å²) in [5.74, 6) is 1.44. The molecule has 1 amide bonds. The van der Waals surface area contributed by atoms with Crippen molar-refractivity contribution in [2.45, 2.75) is 26.7 Å². The van der Waals surface area contributed by atoms with Gasteiger partial charge in [0.1, 0.15) is 11.5 Å². The Kier molecular flexibility index (Phi) is 6.58. The predicted octanol–water partition coefficient (Wildman–Crippen LogP) is 3.93. The molecule has 1 N–H and O–H groups in total. The number of benzene rings is 2. The summed E-state index contributed by atoms with van der Waals surface area (Å²) in [6.45, 7) is 4.43. The van der Waals surface area contributed by atoms with Crippen molar-refractivity contribution >= 4 is 11.6 Å². The van der Waals surface area contributed by atoms with Gasteiger partial charge in [-0.25, -0.2) is 9.50 Å². The van der Waals surface area contributed by atoms with E-state index in [0.717, 1.165) is 50.9 Å². The fraction of sp³-hybridized carbons (Fsp3) is 0.269. The maximum atomic E-state index is 12.7. The molecule has 0 atom stereocenters. The van der Waals surface area contributed by atoms with Crippen LogP contribution in [0.3, 0.4) is 0 Å². The molecule has 0 spiro atoms. The fourth-order valence-corrected chi connectivity index (χ4v) is 3.95. The van der Waals surface area contributed by atoms with Gasteiger partial charge in [-0.15, -0.1) is 0 Å². The van der Waals surface area contributed by atoms with E-state index in [4.69, 9.17) is 19.6 Å². The van der Waals surface area contributed by atoms with Crippen LogP contribution in [0.25, 0.3) is 16.9 Å². The van der Waals surface area contributed by atoms with Gasteiger partial charge in [-0.2, -0.15) is 5.10 Å². The lowest BCUT2D eigenvalue weighted by Crippen LogP contribution is -2.28. The molecular formula is C26H28N4O3. The average molecular weight is 445 g/mol. The summed E-state index contributed by atoms with van der Waals surface area (Å²) >= 11 is 0. The molecule has 2 heterocycles. The molecule has 33 heavy (non-hydrogen) atoms. The maximum Gasteiger partial charge on any atom is 0.224 e. The molecule has 0 bridgehead atoms. The van der Waals surface area contributed by atoms with Crippen LogP contribution in [0.4, 0.5) is 0 Å². The Morgan fingerprint density at radius 1 is 1.03 bits per heavy atom. The van der Waals surface area contributed by atoms with E-state index < -0.39 is 0 Å². The monoisotopic (exact) mass is 444 g/mol. The number of carbonyl (C=O) groups is 1. The van der Waals surface area contributed by atoms with Crippen molar-refractivity contribution in [3.8, 4) is 22.8 Å². The molecule has 0 aliphatic rings. The van der Waals surface area contributed by atoms with Crippen LogP contribution in [0.1, 0.15) is 22.5 Å². The molecule has 2 aromatic heterocycles. The third-order valence-corrected chi connectivity index (χ3v) is 5.78. The van der Waals surface area contributed by atoms with Crippen LogP contribution in [0, 0.1) is 13.8 Å². The van der Waals surface area contributed by atoms with E-state index in [-0.39, 0.29) is 12.3 Å². The summed E-state index contributed by atoms with van der Waals surface area (Å²) in [7, 11) is 3.25. The summed E-state index contributed by atoms with van der Waals surface area (Å²) in [4.78, 5) is 17.4. The summed E-state index contributed by atoms with van der Waals surface area (Å²) in [5, 5.41) is 7.73. The van der Waals surface area contributed by atoms with Crippen molar-refractivity contribution in [1.82, 2.24) is 19.9 Å². The van der Waals surface area contributed by atoms with Crippen molar-refractivity contribution < 1.29 is 14.3 Å². The quantitative estimate of drug-likeness (QED) is 0.446. The number of hydrogen-bond donors (Lipinski definition) is 1. The highest BCUT2D eigenvalue weighted by Gasteiger charge is 2.16. The van der Waals surface area contributed by atoms with E-state index in [0.29, 0.717) is 13.0 Å². The number of amides is 1. The Bertz CT molecular complexity index is 1280. The topological polar surface area (TPSA) is 77.8 Å². The van der Waals surface area contributed by atoms with Gasteiger partial charge in [0.25, 0.3) is 0 Å². The minimum atomic E-state index is -0.0507. The van der Waals surface area contributed by atoms with E-state index >= 15 is 0 Å². The van der Waals surface area contributed by atoms with Crippen LogP contribution in [0.5, 0.6) is 11.5 Å². The Hall–Kier alpha value is -3.87. The highest BCUT2D eigenvalue weighted by atomic mass is 16.5. The minimum Gasteiger partial charge on any atom is -0.497 e. The van der Waals surface area contributed by atoms with Crippen LogP contribution in [0.15, 0.2) is 54.6 Å². The van der Waals surface area contributed by atoms with E-state index in [1.165, 1.54) is 0 Å². The molecule has 0 saturated carbocycles. The summed E-state index contributed by atoms with van der Waals surface area (Å²) in [6, 6.07) is 17.7. The molecule has 0 saturated heterocycles. The molecule has 4 rings (SSSR count). The number of carbonyl (C=O) groups excluding carboxylic acids is 1. The van der Waals surface area contributed by atoms with E-state index in [9.17, 15) is 4.79 Å². The average Bonchev–Trinajstić information content (AvgIpc) is 3.26. The molecular weight excluding hydrogens is 416 g/mol. The smallest absolute Gasteiger partial charge is 0.224 e. The second kappa shape index (κ2) is 9.73. The molecule has 2 aromatic carbocycles. The van der Waals surface area contributed by atoms with Crippen LogP contribution < -0.4 is 14.8 Å². The van der Waals surface area contributed by atoms with E-state index in [1.807, 2.05) is 73.0 Å². The van der Waals surface area contributed by atoms with Crippen molar-refractivity contribution in [2.75, 3.05) is 20.8 Å². The van der Waals surface area contributed by atoms with Gasteiger partial charge in [0.05, 0.1) is 26.3 Å². The molecule has 0 aliphatic heterocycles. The first kappa shape index (κ1) is 22.3. The molecule has 7 heteroatoms. The first-order valence-corrected chi connectivity index (χ1v) is 10.9. The number of nitrogens with zero attached hydrogens (tertiary/aromatic N) is 3. The third kappa shape index (κ3) is 4.82. The lowest BCUT2D eigenvalue weighted by molar-refractivity contribution is -0.120. The van der Waals surface area contributed by atoms with Gasteiger partial charge in [0.2, 0.25) is 5.91 Å². The summed E-state index contributed by atoms with van der Waals surface area (Å²) < 4.78 is 12.5. The predicted molar refractivity (Wildman–Crippen MR) is 128 cm³/mol. The zero-order chi connectivity index (χ0) is 23.4. The van der Waals surface area contributed by atoms with E-state index in [2.05, 4.69) is 5.32 Å². The Morgan fingerprint density at radius 3 is 2.55 bits per heavy atom. The lowest BCUT2D eigenvalue weighted by Gasteiger charge is -2.13. The maximum absolute atomic E-state index is 12.7. The van der Waals surface area contributed by atoms with Crippen molar-refractivity contribution in [1.29, 1.82) is 0 Å². The second-order valence-corrected chi connectivity index (χ2v) is 7.88. The molecule has 0 unspecified atom stereocenters. The van der Waals surface area contributed by atoms with Crippen LogP contribution in [-0.4, -0.2) is 41.3 Å². The van der Waals surface area contributed by atoms with Gasteiger partial charge < -0.3 is 14.8 Å². The summed E-state index contributed by atoms with van der Waals surface area (Å²) in [5.41, 5.74) is 6.34. The third-order valence-electron chi connectivity index (χ3n) is 5.78. The minimum absolute atomic E-state index is 0.0507. The van der Waals surface area contributed by atoms with E-state index in [1.54, 1.807) is 14.2 Å². The number of rotatable bonds is 8. The van der Waals surface area contributed by atoms with Gasteiger partial charge in [-0.05, 0) is 31.9 Å². The molecule has 0 fully saturated rings. The normalized spacial score (nSPS) is 10.9. The SMILES string of the molecule is COc1ccc(CCNC(=O)Cc2c(C)nc3cc(-c4ccccc4)nn3c2C)c(OC)c1. The van der Waals surface area contributed by atoms with Crippen LogP contribution in [-0.2, 0) is 17.6 Å². The Labute approximate surface area is 193 Å². The zero-order valence-electron chi connectivity index (χ0n) is 19.4. The molecule has 4 aromatic rings. The van der Waals surface area contributed by atoms with Gasteiger partial charge in [0.15, 0.2) is 5.65 Å². The molecule has 170 valence electrons. The number of aryl methyl sites for hydroxylation is 2. The number of nitrogens with one attached hydrogen (secondary N) is 1. The summed E-state index contributed by atoms with van der Waals surface area (Å²) in [6.07, 6.45) is 0.911. The van der Waals surface area contributed by atoms with Crippen molar-refractivity contribution in [3.63, 3.8) is 0 Å². The number of ether oxygens (including phenoxy) is 2. The highest BCUT2D eigenvalue weighted by Crippen LogP contribution is 2.25. The lowest BCUT2D eigenvalue weighted by atomic mass is 10.1. The number of methoxy groups -OCH3 is 2. The first-order valence-electron chi connectivity index (χ1n) is 10.9. The fourth-order valence-electron chi connectivity index (χ4n) is 3.95. The Morgan fingerprint density at radius 2 is 1.82 bits per heavy atom. The molecule has 0 radical (unpaired) electrons. The highest BCUT2D eigenvalue weighted by molar-refractivity contribution is 5.79. The van der Waals surface area contributed by atoms with Crippen LogP contribution >= 0.6 is 0 Å². The number of aromatic nitrogens is 3. The van der Waals surface area contributed by atoms with Crippen LogP contribution in [0.2, 0.25) is 0 Å². The standard InChI is InChI=1S/C26H28N4O3/c1-17-22(15-26(31)27-13-12-20-10-11-21(32-3)14-24(20)33-4)18(2)30-25(28-17)16-23(29-30)19-8-6-5-7-9-19/h5-11,14,16H,12-13,15H2,1-4H3,(H,27,31). The second-order valence-electron chi connectivity index (χ2n) is 7.88. The van der Waals surface area contributed by atoms with Crippen molar-refractivity contribution in [2.24, 2.45) is 0 Å². The van der Waals surface area contributed by atoms with Crippen molar-refractivity contribution in [3.05, 3.63) is 77.1 Å². The van der Waals surface area contributed by atoms with Gasteiger partial charge in [-0.1, -0.05) is 36.4 Å². The van der Waals surface area contributed by atoms with Gasteiger partial charge in [0, 0.05) is 41.2 Å². The first-order chi connectivity index (χ1) is 16.0.